The monoisotopic (exact) mass is 449 g/mol. The van der Waals surface area contributed by atoms with Crippen LogP contribution in [0.25, 0.3) is 21.8 Å². The number of methoxy groups -OCH3 is 1. The molecule has 4 aromatic rings. The van der Waals surface area contributed by atoms with Gasteiger partial charge in [-0.3, -0.25) is 9.48 Å². The number of ether oxygens (including phenoxy) is 1. The molecule has 5 rings (SSSR count). The summed E-state index contributed by atoms with van der Waals surface area (Å²) in [5.41, 5.74) is 2.39. The topological polar surface area (TPSA) is 97.2 Å². The zero-order chi connectivity index (χ0) is 23.1. The lowest BCUT2D eigenvalue weighted by atomic mass is 10.1. The maximum absolute atomic E-state index is 14.5. The molecule has 3 heterocycles. The maximum atomic E-state index is 14.5. The van der Waals surface area contributed by atoms with Crippen molar-refractivity contribution >= 4 is 39.1 Å². The molecule has 2 aromatic carbocycles. The highest BCUT2D eigenvalue weighted by Crippen LogP contribution is 2.32. The van der Waals surface area contributed by atoms with Crippen molar-refractivity contribution < 1.29 is 13.9 Å². The number of nitrogens with zero attached hydrogens (tertiary/aromatic N) is 5. The minimum absolute atomic E-state index is 0.172. The number of nitrogens with one attached hydrogen (secondary N) is 2. The summed E-state index contributed by atoms with van der Waals surface area (Å²) in [5, 5.41) is 11.6. The molecular weight excluding hydrogens is 425 g/mol. The van der Waals surface area contributed by atoms with Gasteiger partial charge in [0.1, 0.15) is 5.52 Å². The van der Waals surface area contributed by atoms with Crippen molar-refractivity contribution in [3.8, 4) is 6.01 Å². The molecule has 0 saturated carbocycles. The number of rotatable bonds is 5. The Morgan fingerprint density at radius 3 is 2.88 bits per heavy atom. The van der Waals surface area contributed by atoms with Gasteiger partial charge in [0.15, 0.2) is 5.82 Å². The van der Waals surface area contributed by atoms with Crippen LogP contribution < -0.4 is 20.3 Å². The summed E-state index contributed by atoms with van der Waals surface area (Å²) in [6.07, 6.45) is 4.41. The number of amides is 1. The summed E-state index contributed by atoms with van der Waals surface area (Å²) >= 11 is 0. The molecule has 0 bridgehead atoms. The number of anilines is 2. The van der Waals surface area contributed by atoms with E-state index in [0.29, 0.717) is 28.2 Å². The lowest BCUT2D eigenvalue weighted by Gasteiger charge is -2.21. The van der Waals surface area contributed by atoms with Gasteiger partial charge in [0.2, 0.25) is 0 Å². The van der Waals surface area contributed by atoms with Gasteiger partial charge in [-0.2, -0.15) is 10.1 Å². The molecule has 0 aliphatic carbocycles. The Balaban J connectivity index is 1.53. The van der Waals surface area contributed by atoms with Crippen molar-refractivity contribution in [3.05, 3.63) is 48.0 Å². The number of halogens is 1. The van der Waals surface area contributed by atoms with Gasteiger partial charge in [-0.05, 0) is 37.7 Å². The van der Waals surface area contributed by atoms with Crippen LogP contribution in [0.2, 0.25) is 0 Å². The van der Waals surface area contributed by atoms with E-state index in [-0.39, 0.29) is 11.5 Å². The Labute approximate surface area is 189 Å². The van der Waals surface area contributed by atoms with Crippen LogP contribution >= 0.6 is 0 Å². The van der Waals surface area contributed by atoms with Gasteiger partial charge in [0.05, 0.1) is 18.2 Å². The van der Waals surface area contributed by atoms with Gasteiger partial charge in [-0.25, -0.2) is 9.37 Å². The van der Waals surface area contributed by atoms with Crippen LogP contribution in [0.15, 0.2) is 36.7 Å². The first kappa shape index (κ1) is 21.1. The number of benzene rings is 2. The van der Waals surface area contributed by atoms with Gasteiger partial charge in [-0.15, -0.1) is 0 Å². The number of carbonyl (C=O) groups excluding carboxylic acids is 1. The third kappa shape index (κ3) is 3.82. The Hall–Kier alpha value is -3.79. The van der Waals surface area contributed by atoms with Gasteiger partial charge in [0.25, 0.3) is 5.91 Å². The molecule has 1 atom stereocenters. The summed E-state index contributed by atoms with van der Waals surface area (Å²) < 4.78 is 21.2. The summed E-state index contributed by atoms with van der Waals surface area (Å²) in [6.45, 7) is 1.75. The van der Waals surface area contributed by atoms with Crippen molar-refractivity contribution in [2.45, 2.75) is 12.5 Å². The highest BCUT2D eigenvalue weighted by atomic mass is 19.1. The van der Waals surface area contributed by atoms with Crippen LogP contribution in [-0.4, -0.2) is 58.9 Å². The lowest BCUT2D eigenvalue weighted by Crippen LogP contribution is -2.29. The summed E-state index contributed by atoms with van der Waals surface area (Å²) in [5.74, 6) is -0.898. The molecule has 1 amide bonds. The van der Waals surface area contributed by atoms with Crippen LogP contribution in [0.4, 0.5) is 15.8 Å². The molecule has 2 N–H and O–H groups in total. The largest absolute Gasteiger partial charge is 0.467 e. The SMILES string of the molecule is CN[C@@H]1CCN(c2ccc(C(=O)Nc3cc(F)c4nn(C)cc4c3)c3nc(OC)ncc23)C1. The van der Waals surface area contributed by atoms with Crippen molar-refractivity contribution in [1.82, 2.24) is 25.1 Å². The molecule has 33 heavy (non-hydrogen) atoms. The van der Waals surface area contributed by atoms with Crippen LogP contribution in [0, 0.1) is 5.82 Å². The summed E-state index contributed by atoms with van der Waals surface area (Å²) in [6, 6.07) is 7.19. The van der Waals surface area contributed by atoms with E-state index in [1.165, 1.54) is 17.9 Å². The highest BCUT2D eigenvalue weighted by molar-refractivity contribution is 6.14. The predicted molar refractivity (Wildman–Crippen MR) is 124 cm³/mol. The van der Waals surface area contributed by atoms with E-state index in [0.717, 1.165) is 30.6 Å². The molecule has 10 heteroatoms. The number of aromatic nitrogens is 4. The lowest BCUT2D eigenvalue weighted by molar-refractivity contribution is 0.102. The van der Waals surface area contributed by atoms with E-state index < -0.39 is 11.7 Å². The van der Waals surface area contributed by atoms with E-state index in [9.17, 15) is 9.18 Å². The van der Waals surface area contributed by atoms with Crippen molar-refractivity contribution in [3.63, 3.8) is 0 Å². The van der Waals surface area contributed by atoms with Gasteiger partial charge in [0, 0.05) is 60.7 Å². The fourth-order valence-corrected chi connectivity index (χ4v) is 4.34. The second-order valence-electron chi connectivity index (χ2n) is 8.12. The third-order valence-corrected chi connectivity index (χ3v) is 6.00. The van der Waals surface area contributed by atoms with E-state index in [1.807, 2.05) is 13.1 Å². The molecule has 0 spiro atoms. The number of hydrogen-bond donors (Lipinski definition) is 2. The Morgan fingerprint density at radius 1 is 1.27 bits per heavy atom. The predicted octanol–water partition coefficient (Wildman–Crippen LogP) is 2.71. The van der Waals surface area contributed by atoms with Crippen LogP contribution in [0.3, 0.4) is 0 Å². The van der Waals surface area contributed by atoms with Gasteiger partial charge in [-0.1, -0.05) is 0 Å². The average molecular weight is 449 g/mol. The van der Waals surface area contributed by atoms with Crippen LogP contribution in [0.5, 0.6) is 6.01 Å². The number of carbonyl (C=O) groups is 1. The fraction of sp³-hybridized carbons (Fsp3) is 0.304. The van der Waals surface area contributed by atoms with Gasteiger partial charge >= 0.3 is 6.01 Å². The summed E-state index contributed by atoms with van der Waals surface area (Å²) in [7, 11) is 5.16. The first-order valence-electron chi connectivity index (χ1n) is 10.7. The fourth-order valence-electron chi connectivity index (χ4n) is 4.34. The van der Waals surface area contributed by atoms with E-state index in [2.05, 4.69) is 30.6 Å². The Morgan fingerprint density at radius 2 is 2.12 bits per heavy atom. The van der Waals surface area contributed by atoms with E-state index in [4.69, 9.17) is 4.74 Å². The molecule has 9 nitrogen and oxygen atoms in total. The number of hydrogen-bond acceptors (Lipinski definition) is 7. The number of likely N-dealkylation sites (N-methyl/N-ethyl adjacent to an activating group) is 1. The highest BCUT2D eigenvalue weighted by Gasteiger charge is 2.25. The van der Waals surface area contributed by atoms with Crippen molar-refractivity contribution in [1.29, 1.82) is 0 Å². The quantitative estimate of drug-likeness (QED) is 0.484. The van der Waals surface area contributed by atoms with Crippen molar-refractivity contribution in [2.75, 3.05) is 37.5 Å². The Bertz CT molecular complexity index is 1370. The molecule has 0 radical (unpaired) electrons. The minimum atomic E-state index is -0.499. The van der Waals surface area contributed by atoms with Crippen LogP contribution in [-0.2, 0) is 7.05 Å². The molecule has 170 valence electrons. The van der Waals surface area contributed by atoms with Crippen molar-refractivity contribution in [2.24, 2.45) is 7.05 Å². The number of aryl methyl sites for hydroxylation is 1. The summed E-state index contributed by atoms with van der Waals surface area (Å²) in [4.78, 5) is 24.2. The third-order valence-electron chi connectivity index (χ3n) is 6.00. The molecule has 1 saturated heterocycles. The molecule has 1 aliphatic rings. The first-order valence-corrected chi connectivity index (χ1v) is 10.7. The maximum Gasteiger partial charge on any atom is 0.316 e. The smallest absolute Gasteiger partial charge is 0.316 e. The standard InChI is InChI=1S/C23H24FN7O2/c1-25-14-6-7-31(12-14)19-5-4-16(21-17(19)10-26-23(28-21)33-3)22(32)27-15-8-13-11-30(2)29-20(13)18(24)9-15/h4-5,8-11,14,25H,6-7,12H2,1-3H3,(H,27,32)/t14-/m1/s1. The second kappa shape index (κ2) is 8.28. The van der Waals surface area contributed by atoms with Gasteiger partial charge < -0.3 is 20.3 Å². The molecule has 0 unspecified atom stereocenters. The zero-order valence-corrected chi connectivity index (χ0v) is 18.6. The zero-order valence-electron chi connectivity index (χ0n) is 18.6. The molecule has 1 aliphatic heterocycles. The van der Waals surface area contributed by atoms with Crippen LogP contribution in [0.1, 0.15) is 16.8 Å². The average Bonchev–Trinajstić information content (AvgIpc) is 3.44. The molecular formula is C23H24FN7O2. The molecule has 1 fully saturated rings. The van der Waals surface area contributed by atoms with E-state index in [1.54, 1.807) is 31.6 Å². The normalized spacial score (nSPS) is 16.0. The second-order valence-corrected chi connectivity index (χ2v) is 8.12. The minimum Gasteiger partial charge on any atom is -0.467 e. The van der Waals surface area contributed by atoms with E-state index >= 15 is 0 Å². The Kier molecular flexibility index (Phi) is 5.29. The number of fused-ring (bicyclic) bond motifs is 2. The molecule has 2 aromatic heterocycles. The first-order chi connectivity index (χ1) is 16.0.